The lowest BCUT2D eigenvalue weighted by molar-refractivity contribution is 0.297. The van der Waals surface area contributed by atoms with Crippen molar-refractivity contribution in [3.63, 3.8) is 0 Å². The van der Waals surface area contributed by atoms with E-state index in [1.54, 1.807) is 24.3 Å². The first-order chi connectivity index (χ1) is 14.9. The monoisotopic (exact) mass is 452 g/mol. The average molecular weight is 453 g/mol. The maximum atomic E-state index is 13.2. The molecule has 156 valence electrons. The molecule has 0 radical (unpaired) electrons. The van der Waals surface area contributed by atoms with Crippen LogP contribution in [0.5, 0.6) is 0 Å². The molecule has 4 aromatic rings. The van der Waals surface area contributed by atoms with Crippen molar-refractivity contribution in [3.8, 4) is 11.4 Å². The lowest BCUT2D eigenvalue weighted by Crippen LogP contribution is -2.37. The Labute approximate surface area is 186 Å². The highest BCUT2D eigenvalue weighted by Gasteiger charge is 2.14. The molecular weight excluding hydrogens is 438 g/mol. The molecule has 0 fully saturated rings. The average Bonchev–Trinajstić information content (AvgIpc) is 2.77. The first-order valence-electron chi connectivity index (χ1n) is 9.05. The zero-order valence-electron chi connectivity index (χ0n) is 15.8. The van der Waals surface area contributed by atoms with Crippen LogP contribution < -0.4 is 21.5 Å². The molecule has 0 bridgehead atoms. The third kappa shape index (κ3) is 4.35. The Hall–Kier alpha value is -3.50. The predicted molar refractivity (Wildman–Crippen MR) is 126 cm³/mol. The number of thiocarbonyl (C=S) groups is 1. The largest absolute Gasteiger partial charge is 0.733 e. The Balaban J connectivity index is 1.75. The highest BCUT2D eigenvalue weighted by molar-refractivity contribution is 7.80. The summed E-state index contributed by atoms with van der Waals surface area (Å²) in [7, 11) is 0. The van der Waals surface area contributed by atoms with Gasteiger partial charge in [-0.3, -0.25) is 15.4 Å². The fourth-order valence-electron chi connectivity index (χ4n) is 3.04. The smallest absolute Gasteiger partial charge is 0.280 e. The highest BCUT2D eigenvalue weighted by Crippen LogP contribution is 2.28. The molecule has 0 atom stereocenters. The molecule has 3 N–H and O–H groups in total. The quantitative estimate of drug-likeness (QED) is 0.310. The van der Waals surface area contributed by atoms with E-state index in [0.717, 1.165) is 0 Å². The van der Waals surface area contributed by atoms with E-state index in [1.807, 2.05) is 30.3 Å². The fourth-order valence-corrected chi connectivity index (χ4v) is 3.41. The number of fused-ring (bicyclic) bond motifs is 1. The summed E-state index contributed by atoms with van der Waals surface area (Å²) in [5, 5.41) is 23.9. The summed E-state index contributed by atoms with van der Waals surface area (Å²) in [6, 6.07) is 20.4. The number of para-hydroxylation sites is 1. The number of benzene rings is 3. The molecule has 0 unspecified atom stereocenters. The fraction of sp³-hybridized carbons (Fsp3) is 0. The van der Waals surface area contributed by atoms with Gasteiger partial charge in [0.1, 0.15) is 0 Å². The molecule has 0 aliphatic carbocycles. The van der Waals surface area contributed by atoms with Crippen molar-refractivity contribution in [1.82, 2.24) is 9.66 Å². The Morgan fingerprint density at radius 3 is 2.55 bits per heavy atom. The van der Waals surface area contributed by atoms with Gasteiger partial charge in [-0.1, -0.05) is 54.1 Å². The van der Waals surface area contributed by atoms with Crippen LogP contribution in [0.25, 0.3) is 22.3 Å². The second kappa shape index (κ2) is 8.70. The molecule has 0 amide bonds. The van der Waals surface area contributed by atoms with E-state index >= 15 is 0 Å². The van der Waals surface area contributed by atoms with Crippen molar-refractivity contribution in [2.24, 2.45) is 0 Å². The molecule has 0 aliphatic rings. The molecular formula is C21H15ClN5O3S-. The highest BCUT2D eigenvalue weighted by atomic mass is 35.5. The van der Waals surface area contributed by atoms with Crippen LogP contribution in [-0.4, -0.2) is 20.0 Å². The number of hydrogen-bond acceptors (Lipinski definition) is 6. The topological polar surface area (TPSA) is 105 Å². The van der Waals surface area contributed by atoms with Crippen molar-refractivity contribution in [1.29, 1.82) is 0 Å². The SMILES string of the molecule is O=c1c2ccccc2nc(-c2ccccc2)n1NC(=S)Nc1ccc(Cl)cc1N([O-])O. The van der Waals surface area contributed by atoms with Crippen LogP contribution >= 0.6 is 23.8 Å². The number of hydrogen-bond donors (Lipinski definition) is 3. The first-order valence-corrected chi connectivity index (χ1v) is 9.83. The molecule has 10 heteroatoms. The van der Waals surface area contributed by atoms with Crippen LogP contribution in [-0.2, 0) is 0 Å². The minimum Gasteiger partial charge on any atom is -0.733 e. The second-order valence-corrected chi connectivity index (χ2v) is 7.30. The Morgan fingerprint density at radius 1 is 1.10 bits per heavy atom. The van der Waals surface area contributed by atoms with Crippen molar-refractivity contribution in [2.75, 3.05) is 16.0 Å². The predicted octanol–water partition coefficient (Wildman–Crippen LogP) is 4.35. The Morgan fingerprint density at radius 2 is 1.81 bits per heavy atom. The maximum Gasteiger partial charge on any atom is 0.280 e. The molecule has 4 rings (SSSR count). The van der Waals surface area contributed by atoms with Gasteiger partial charge >= 0.3 is 0 Å². The third-order valence-corrected chi connectivity index (χ3v) is 4.86. The summed E-state index contributed by atoms with van der Waals surface area (Å²) < 4.78 is 1.23. The summed E-state index contributed by atoms with van der Waals surface area (Å²) in [6.07, 6.45) is 0. The summed E-state index contributed by atoms with van der Waals surface area (Å²) in [5.74, 6) is 0.359. The van der Waals surface area contributed by atoms with Gasteiger partial charge in [-0.25, -0.2) is 4.98 Å². The summed E-state index contributed by atoms with van der Waals surface area (Å²) >= 11 is 11.2. The molecule has 0 saturated heterocycles. The van der Waals surface area contributed by atoms with E-state index in [0.29, 0.717) is 22.3 Å². The third-order valence-electron chi connectivity index (χ3n) is 4.44. The van der Waals surface area contributed by atoms with Gasteiger partial charge in [-0.05, 0) is 42.5 Å². The molecule has 3 aromatic carbocycles. The van der Waals surface area contributed by atoms with Crippen LogP contribution in [0.15, 0.2) is 77.6 Å². The van der Waals surface area contributed by atoms with Crippen molar-refractivity contribution < 1.29 is 5.21 Å². The molecule has 0 spiro atoms. The second-order valence-electron chi connectivity index (χ2n) is 6.46. The van der Waals surface area contributed by atoms with Gasteiger partial charge in [-0.2, -0.15) is 4.68 Å². The molecule has 0 aliphatic heterocycles. The van der Waals surface area contributed by atoms with E-state index in [4.69, 9.17) is 23.8 Å². The standard InChI is InChI=1S/C21H15ClN5O3S/c22-14-10-11-17(18(12-14)27(29)30)24-21(31)25-26-19(13-6-2-1-3-7-13)23-16-9-5-4-8-15(16)20(26)28/h1-12,29H,(H2,24,25,31)/q-1. The van der Waals surface area contributed by atoms with E-state index in [2.05, 4.69) is 15.7 Å². The van der Waals surface area contributed by atoms with Crippen LogP contribution in [0.2, 0.25) is 5.02 Å². The van der Waals surface area contributed by atoms with Crippen LogP contribution in [0.4, 0.5) is 11.4 Å². The van der Waals surface area contributed by atoms with E-state index < -0.39 is 0 Å². The lowest BCUT2D eigenvalue weighted by atomic mass is 10.2. The molecule has 31 heavy (non-hydrogen) atoms. The van der Waals surface area contributed by atoms with E-state index in [1.165, 1.54) is 22.9 Å². The number of nitrogens with one attached hydrogen (secondary N) is 2. The number of halogens is 1. The summed E-state index contributed by atoms with van der Waals surface area (Å²) in [6.45, 7) is 0. The first kappa shape index (κ1) is 20.8. The number of nitrogens with zero attached hydrogens (tertiary/aromatic N) is 3. The van der Waals surface area contributed by atoms with Crippen molar-refractivity contribution in [3.05, 3.63) is 93.4 Å². The van der Waals surface area contributed by atoms with E-state index in [9.17, 15) is 15.2 Å². The van der Waals surface area contributed by atoms with Gasteiger partial charge in [0.15, 0.2) is 10.9 Å². The van der Waals surface area contributed by atoms with E-state index in [-0.39, 0.29) is 32.3 Å². The van der Waals surface area contributed by atoms with Crippen molar-refractivity contribution in [2.45, 2.75) is 0 Å². The lowest BCUT2D eigenvalue weighted by Gasteiger charge is -2.25. The molecule has 1 aromatic heterocycles. The number of rotatable bonds is 4. The van der Waals surface area contributed by atoms with Crippen LogP contribution in [0, 0.1) is 5.21 Å². The van der Waals surface area contributed by atoms with Gasteiger partial charge in [0.05, 0.1) is 22.3 Å². The van der Waals surface area contributed by atoms with Crippen molar-refractivity contribution >= 4 is 51.2 Å². The number of aromatic nitrogens is 2. The molecule has 8 nitrogen and oxygen atoms in total. The Kier molecular flexibility index (Phi) is 5.83. The number of anilines is 2. The van der Waals surface area contributed by atoms with Gasteiger partial charge in [0.2, 0.25) is 0 Å². The Bertz CT molecular complexity index is 1330. The normalized spacial score (nSPS) is 10.7. The minimum atomic E-state index is -0.349. The molecule has 1 heterocycles. The summed E-state index contributed by atoms with van der Waals surface area (Å²) in [5.41, 5.74) is 3.79. The van der Waals surface area contributed by atoms with Gasteiger partial charge in [0.25, 0.3) is 5.56 Å². The van der Waals surface area contributed by atoms with Gasteiger partial charge in [0, 0.05) is 10.6 Å². The zero-order chi connectivity index (χ0) is 22.0. The van der Waals surface area contributed by atoms with Crippen LogP contribution in [0.3, 0.4) is 0 Å². The molecule has 0 saturated carbocycles. The summed E-state index contributed by atoms with van der Waals surface area (Å²) in [4.78, 5) is 17.8. The maximum absolute atomic E-state index is 13.2. The zero-order valence-corrected chi connectivity index (χ0v) is 17.4. The van der Waals surface area contributed by atoms with Gasteiger partial charge < -0.3 is 15.8 Å². The minimum absolute atomic E-state index is 0.00165. The van der Waals surface area contributed by atoms with Crippen LogP contribution in [0.1, 0.15) is 0 Å². The van der Waals surface area contributed by atoms with Gasteiger partial charge in [-0.15, -0.1) is 0 Å².